The van der Waals surface area contributed by atoms with Crippen molar-refractivity contribution in [2.45, 2.75) is 26.7 Å². The average molecular weight is 523 g/mol. The summed E-state index contributed by atoms with van der Waals surface area (Å²) < 4.78 is 49.7. The highest BCUT2D eigenvalue weighted by Gasteiger charge is 2.19. The summed E-state index contributed by atoms with van der Waals surface area (Å²) in [6.07, 6.45) is -2.35. The molecule has 0 spiro atoms. The molecule has 0 N–H and O–H groups in total. The van der Waals surface area contributed by atoms with Crippen molar-refractivity contribution in [2.24, 2.45) is 0 Å². The highest BCUT2D eigenvalue weighted by Crippen LogP contribution is 2.40. The third kappa shape index (κ3) is 6.26. The van der Waals surface area contributed by atoms with E-state index in [1.54, 1.807) is 37.3 Å². The summed E-state index contributed by atoms with van der Waals surface area (Å²) >= 11 is 0. The Morgan fingerprint density at radius 2 is 1.26 bits per heavy atom. The number of benzene rings is 3. The molecule has 8 heteroatoms. The molecule has 38 heavy (non-hydrogen) atoms. The maximum absolute atomic E-state index is 14.2. The number of ether oxygens (including phenoxy) is 4. The molecular weight excluding hydrogens is 494 g/mol. The summed E-state index contributed by atoms with van der Waals surface area (Å²) in [4.78, 5) is 24.0. The third-order valence-corrected chi connectivity index (χ3v) is 5.73. The molecular formula is C30H28F2O6. The number of carbonyl (C=O) groups is 2. The lowest BCUT2D eigenvalue weighted by atomic mass is 9.94. The molecule has 0 saturated carbocycles. The summed E-state index contributed by atoms with van der Waals surface area (Å²) in [6, 6.07) is 14.0. The molecule has 0 amide bonds. The lowest BCUT2D eigenvalue weighted by Crippen LogP contribution is -2.10. The zero-order valence-electron chi connectivity index (χ0n) is 21.6. The highest BCUT2D eigenvalue weighted by atomic mass is 19.3. The van der Waals surface area contributed by atoms with Gasteiger partial charge in [-0.05, 0) is 65.9 Å². The largest absolute Gasteiger partial charge is 0.493 e. The Morgan fingerprint density at radius 1 is 0.763 bits per heavy atom. The number of rotatable bonds is 10. The molecule has 0 aliphatic heterocycles. The number of hydrogen-bond acceptors (Lipinski definition) is 6. The molecule has 0 aliphatic carbocycles. The van der Waals surface area contributed by atoms with Crippen LogP contribution in [0.4, 0.5) is 8.78 Å². The van der Waals surface area contributed by atoms with E-state index in [2.05, 4.69) is 13.2 Å². The molecule has 3 aromatic rings. The second-order valence-corrected chi connectivity index (χ2v) is 8.35. The van der Waals surface area contributed by atoms with Crippen molar-refractivity contribution >= 4 is 11.9 Å². The van der Waals surface area contributed by atoms with Crippen LogP contribution >= 0.6 is 0 Å². The molecule has 0 bridgehead atoms. The van der Waals surface area contributed by atoms with E-state index in [1.807, 2.05) is 0 Å². The average Bonchev–Trinajstić information content (AvgIpc) is 2.92. The zero-order valence-corrected chi connectivity index (χ0v) is 21.6. The third-order valence-electron chi connectivity index (χ3n) is 5.73. The van der Waals surface area contributed by atoms with Crippen LogP contribution in [0.15, 0.2) is 78.9 Å². The van der Waals surface area contributed by atoms with E-state index < -0.39 is 18.4 Å². The summed E-state index contributed by atoms with van der Waals surface area (Å²) in [6.45, 7) is 10.5. The van der Waals surface area contributed by atoms with E-state index >= 15 is 0 Å². The first kappa shape index (κ1) is 28.1. The lowest BCUT2D eigenvalue weighted by molar-refractivity contribution is -0.131. The van der Waals surface area contributed by atoms with Crippen LogP contribution in [-0.2, 0) is 9.59 Å². The molecule has 0 aromatic heterocycles. The Labute approximate surface area is 220 Å². The van der Waals surface area contributed by atoms with Crippen molar-refractivity contribution < 1.29 is 37.3 Å². The molecule has 3 rings (SSSR count). The molecule has 0 atom stereocenters. The van der Waals surface area contributed by atoms with Gasteiger partial charge >= 0.3 is 11.9 Å². The Balaban J connectivity index is 1.99. The van der Waals surface area contributed by atoms with Crippen molar-refractivity contribution in [1.82, 2.24) is 0 Å². The standard InChI is InChI=1S/C30H28F2O6/c1-7-18(4)30(34)38-25-13-10-21(16-27(25)36-6)22-11-8-19(14-23(22)28(31)32)20-9-12-24(26(15-20)35-5)37-29(33)17(2)3/h8-16,28H,2,4,7H2,1,3,5-6H3. The fraction of sp³-hybridized carbons (Fsp3) is 0.200. The summed E-state index contributed by atoms with van der Waals surface area (Å²) in [5.41, 5.74) is 2.16. The van der Waals surface area contributed by atoms with Crippen LogP contribution in [0.5, 0.6) is 23.0 Å². The topological polar surface area (TPSA) is 71.1 Å². The van der Waals surface area contributed by atoms with Gasteiger partial charge < -0.3 is 18.9 Å². The second-order valence-electron chi connectivity index (χ2n) is 8.35. The molecule has 0 saturated heterocycles. The molecule has 6 nitrogen and oxygen atoms in total. The van der Waals surface area contributed by atoms with E-state index in [0.717, 1.165) is 0 Å². The fourth-order valence-corrected chi connectivity index (χ4v) is 3.54. The van der Waals surface area contributed by atoms with Crippen LogP contribution in [0.2, 0.25) is 0 Å². The van der Waals surface area contributed by atoms with Gasteiger partial charge in [-0.3, -0.25) is 0 Å². The molecule has 3 aromatic carbocycles. The Morgan fingerprint density at radius 3 is 1.79 bits per heavy atom. The molecule has 0 aliphatic rings. The fourth-order valence-electron chi connectivity index (χ4n) is 3.54. The number of halogens is 2. The predicted octanol–water partition coefficient (Wildman–Crippen LogP) is 7.33. The van der Waals surface area contributed by atoms with E-state index in [0.29, 0.717) is 28.7 Å². The monoisotopic (exact) mass is 522 g/mol. The van der Waals surface area contributed by atoms with Crippen molar-refractivity contribution in [3.8, 4) is 45.3 Å². The van der Waals surface area contributed by atoms with Crippen molar-refractivity contribution in [2.75, 3.05) is 14.2 Å². The smallest absolute Gasteiger partial charge is 0.338 e. The van der Waals surface area contributed by atoms with Gasteiger partial charge in [0.1, 0.15) is 0 Å². The van der Waals surface area contributed by atoms with Crippen LogP contribution in [0, 0.1) is 0 Å². The maximum Gasteiger partial charge on any atom is 0.338 e. The normalized spacial score (nSPS) is 10.6. The highest BCUT2D eigenvalue weighted by molar-refractivity contribution is 5.90. The predicted molar refractivity (Wildman–Crippen MR) is 141 cm³/mol. The van der Waals surface area contributed by atoms with E-state index in [-0.39, 0.29) is 39.7 Å². The van der Waals surface area contributed by atoms with Crippen LogP contribution in [0.1, 0.15) is 32.3 Å². The van der Waals surface area contributed by atoms with Gasteiger partial charge in [0.25, 0.3) is 6.43 Å². The van der Waals surface area contributed by atoms with Gasteiger partial charge in [-0.25, -0.2) is 18.4 Å². The van der Waals surface area contributed by atoms with Gasteiger partial charge in [0, 0.05) is 16.7 Å². The van der Waals surface area contributed by atoms with Crippen molar-refractivity contribution in [1.29, 1.82) is 0 Å². The number of methoxy groups -OCH3 is 2. The van der Waals surface area contributed by atoms with Crippen LogP contribution < -0.4 is 18.9 Å². The SMILES string of the molecule is C=C(C)C(=O)Oc1ccc(-c2ccc(-c3ccc(OC(=O)C(=C)CC)c(OC)c3)c(C(F)F)c2)cc1OC. The Bertz CT molecular complexity index is 1390. The lowest BCUT2D eigenvalue weighted by Gasteiger charge is -2.15. The Hall–Kier alpha value is -4.46. The van der Waals surface area contributed by atoms with Crippen LogP contribution in [0.25, 0.3) is 22.3 Å². The minimum Gasteiger partial charge on any atom is -0.493 e. The van der Waals surface area contributed by atoms with E-state index in [1.165, 1.54) is 45.4 Å². The molecule has 198 valence electrons. The minimum absolute atomic E-state index is 0.158. The zero-order chi connectivity index (χ0) is 28.0. The number of carbonyl (C=O) groups excluding carboxylic acids is 2. The summed E-state index contributed by atoms with van der Waals surface area (Å²) in [5, 5.41) is 0. The summed E-state index contributed by atoms with van der Waals surface area (Å²) in [5.74, 6) is -0.371. The summed E-state index contributed by atoms with van der Waals surface area (Å²) in [7, 11) is 2.81. The Kier molecular flexibility index (Phi) is 9.02. The van der Waals surface area contributed by atoms with Crippen LogP contribution in [-0.4, -0.2) is 26.2 Å². The van der Waals surface area contributed by atoms with Gasteiger partial charge in [-0.15, -0.1) is 0 Å². The van der Waals surface area contributed by atoms with Crippen molar-refractivity contribution in [3.63, 3.8) is 0 Å². The number of esters is 2. The first-order valence-corrected chi connectivity index (χ1v) is 11.7. The van der Waals surface area contributed by atoms with Gasteiger partial charge in [0.2, 0.25) is 0 Å². The molecule has 0 unspecified atom stereocenters. The van der Waals surface area contributed by atoms with Gasteiger partial charge in [-0.1, -0.05) is 44.3 Å². The second kappa shape index (κ2) is 12.2. The van der Waals surface area contributed by atoms with Crippen LogP contribution in [0.3, 0.4) is 0 Å². The van der Waals surface area contributed by atoms with E-state index in [9.17, 15) is 18.4 Å². The molecule has 0 radical (unpaired) electrons. The number of hydrogen-bond donors (Lipinski definition) is 0. The minimum atomic E-state index is -2.78. The number of alkyl halides is 2. The van der Waals surface area contributed by atoms with Gasteiger partial charge in [0.15, 0.2) is 23.0 Å². The van der Waals surface area contributed by atoms with Gasteiger partial charge in [0.05, 0.1) is 14.2 Å². The first-order valence-electron chi connectivity index (χ1n) is 11.7. The quantitative estimate of drug-likeness (QED) is 0.158. The van der Waals surface area contributed by atoms with Gasteiger partial charge in [-0.2, -0.15) is 0 Å². The molecule has 0 heterocycles. The molecule has 0 fully saturated rings. The van der Waals surface area contributed by atoms with Crippen molar-refractivity contribution in [3.05, 3.63) is 84.5 Å². The van der Waals surface area contributed by atoms with E-state index in [4.69, 9.17) is 18.9 Å². The first-order chi connectivity index (χ1) is 18.1. The maximum atomic E-state index is 14.2.